The van der Waals surface area contributed by atoms with Gasteiger partial charge < -0.3 is 14.2 Å². The van der Waals surface area contributed by atoms with Crippen LogP contribution in [0.15, 0.2) is 134 Å². The highest BCUT2D eigenvalue weighted by Crippen LogP contribution is 2.16. The fraction of sp³-hybridized carbons (Fsp3) is 0.662. The summed E-state index contributed by atoms with van der Waals surface area (Å²) in [5, 5.41) is 0. The second-order valence-electron chi connectivity index (χ2n) is 21.6. The number of hydrogen-bond donors (Lipinski definition) is 0. The van der Waals surface area contributed by atoms with E-state index >= 15 is 0 Å². The molecule has 0 aromatic carbocycles. The van der Waals surface area contributed by atoms with Gasteiger partial charge in [0.2, 0.25) is 0 Å². The van der Waals surface area contributed by atoms with E-state index in [-0.39, 0.29) is 31.1 Å². The van der Waals surface area contributed by atoms with E-state index in [0.717, 1.165) is 154 Å². The van der Waals surface area contributed by atoms with E-state index in [0.29, 0.717) is 19.3 Å². The van der Waals surface area contributed by atoms with Gasteiger partial charge in [-0.25, -0.2) is 0 Å². The summed E-state index contributed by atoms with van der Waals surface area (Å²) in [7, 11) is 0. The molecular formula is C74H122O6. The Kier molecular flexibility index (Phi) is 63.3. The summed E-state index contributed by atoms with van der Waals surface area (Å²) in [4.78, 5) is 38.2. The Morgan fingerprint density at radius 1 is 0.263 bits per heavy atom. The summed E-state index contributed by atoms with van der Waals surface area (Å²) in [5.41, 5.74) is 0. The highest BCUT2D eigenvalue weighted by atomic mass is 16.6. The van der Waals surface area contributed by atoms with Crippen LogP contribution < -0.4 is 0 Å². The van der Waals surface area contributed by atoms with Crippen molar-refractivity contribution in [1.82, 2.24) is 0 Å². The van der Waals surface area contributed by atoms with Crippen LogP contribution in [0.4, 0.5) is 0 Å². The summed E-state index contributed by atoms with van der Waals surface area (Å²) >= 11 is 0. The second kappa shape index (κ2) is 67.1. The molecule has 0 saturated heterocycles. The third-order valence-corrected chi connectivity index (χ3v) is 13.9. The zero-order valence-corrected chi connectivity index (χ0v) is 52.0. The molecule has 1 unspecified atom stereocenters. The topological polar surface area (TPSA) is 78.9 Å². The zero-order valence-electron chi connectivity index (χ0n) is 52.0. The minimum atomic E-state index is -0.792. The molecule has 6 nitrogen and oxygen atoms in total. The number of unbranched alkanes of at least 4 members (excludes halogenated alkanes) is 26. The normalized spacial score (nSPS) is 13.0. The lowest BCUT2D eigenvalue weighted by Crippen LogP contribution is -2.30. The summed E-state index contributed by atoms with van der Waals surface area (Å²) < 4.78 is 16.9. The van der Waals surface area contributed by atoms with Crippen LogP contribution in [0.2, 0.25) is 0 Å². The smallest absolute Gasteiger partial charge is 0.306 e. The Morgan fingerprint density at radius 2 is 0.487 bits per heavy atom. The van der Waals surface area contributed by atoms with E-state index in [1.165, 1.54) is 103 Å². The van der Waals surface area contributed by atoms with E-state index in [9.17, 15) is 14.4 Å². The van der Waals surface area contributed by atoms with Gasteiger partial charge in [-0.15, -0.1) is 0 Å². The molecule has 0 fully saturated rings. The molecule has 0 aliphatic carbocycles. The highest BCUT2D eigenvalue weighted by molar-refractivity contribution is 5.71. The first-order chi connectivity index (χ1) is 39.5. The third-order valence-electron chi connectivity index (χ3n) is 13.9. The third kappa shape index (κ3) is 64.4. The van der Waals surface area contributed by atoms with E-state index in [2.05, 4.69) is 154 Å². The van der Waals surface area contributed by atoms with Gasteiger partial charge in [0, 0.05) is 19.3 Å². The van der Waals surface area contributed by atoms with Gasteiger partial charge in [0.25, 0.3) is 0 Å². The SMILES string of the molecule is CC/C=C\C/C=C\C/C=C\C/C=C\C/C=C\C/C=C\CCCCCCCCCCCCCCCCC(=O)OCC(COC(=O)CCCCCCC/C=C\CCC)OC(=O)CCCCCCCC/C=C\C/C=C\C/C=C\C/C=C\CC. The van der Waals surface area contributed by atoms with Gasteiger partial charge in [-0.05, 0) is 128 Å². The average Bonchev–Trinajstić information content (AvgIpc) is 3.46. The van der Waals surface area contributed by atoms with Gasteiger partial charge in [0.15, 0.2) is 6.10 Å². The first-order valence-corrected chi connectivity index (χ1v) is 33.2. The second-order valence-corrected chi connectivity index (χ2v) is 21.6. The quantitative estimate of drug-likeness (QED) is 0.0261. The van der Waals surface area contributed by atoms with Crippen molar-refractivity contribution in [3.8, 4) is 0 Å². The maximum absolute atomic E-state index is 12.9. The predicted molar refractivity (Wildman–Crippen MR) is 348 cm³/mol. The summed E-state index contributed by atoms with van der Waals surface area (Å²) in [6, 6.07) is 0. The lowest BCUT2D eigenvalue weighted by atomic mass is 10.0. The Morgan fingerprint density at radius 3 is 0.775 bits per heavy atom. The minimum Gasteiger partial charge on any atom is -0.462 e. The van der Waals surface area contributed by atoms with Crippen LogP contribution in [0.1, 0.15) is 297 Å². The number of allylic oxidation sites excluding steroid dienone is 22. The average molecular weight is 1110 g/mol. The van der Waals surface area contributed by atoms with Crippen molar-refractivity contribution in [1.29, 1.82) is 0 Å². The molecule has 1 atom stereocenters. The van der Waals surface area contributed by atoms with Crippen molar-refractivity contribution in [3.05, 3.63) is 134 Å². The molecule has 0 heterocycles. The largest absolute Gasteiger partial charge is 0.462 e. The van der Waals surface area contributed by atoms with Crippen LogP contribution >= 0.6 is 0 Å². The number of esters is 3. The van der Waals surface area contributed by atoms with Gasteiger partial charge in [-0.2, -0.15) is 0 Å². The summed E-state index contributed by atoms with van der Waals surface area (Å²) in [5.74, 6) is -0.910. The molecule has 0 N–H and O–H groups in total. The molecule has 454 valence electrons. The standard InChI is InChI=1S/C74H122O6/c1-4-7-10-13-16-19-22-24-26-28-30-31-32-33-34-35-36-37-38-39-40-41-42-43-45-46-48-50-52-55-58-61-64-67-73(76)79-70-71(69-78-72(75)66-63-60-57-54-21-18-15-12-9-6-3)80-74(77)68-65-62-59-56-53-51-49-47-44-29-27-25-23-20-17-14-11-8-5-2/h7-8,10-12,15-17,19-20,24-27,30-31,33-34,36-37,44,47,71H,4-6,9,13-14,18,21-23,28-29,32,35,38-43,45-46,48-70H2,1-3H3/b10-7-,11-8-,15-12-,19-16-,20-17-,26-24-,27-25-,31-30-,34-33-,37-36-,47-44-. The predicted octanol–water partition coefficient (Wildman–Crippen LogP) is 22.9. The highest BCUT2D eigenvalue weighted by Gasteiger charge is 2.19. The van der Waals surface area contributed by atoms with Crippen LogP contribution in [-0.2, 0) is 28.6 Å². The summed E-state index contributed by atoms with van der Waals surface area (Å²) in [6.45, 7) is 6.34. The molecule has 6 heteroatoms. The fourth-order valence-corrected chi connectivity index (χ4v) is 8.97. The molecule has 0 bridgehead atoms. The van der Waals surface area contributed by atoms with Crippen LogP contribution in [0.25, 0.3) is 0 Å². The van der Waals surface area contributed by atoms with Crippen molar-refractivity contribution >= 4 is 17.9 Å². The molecule has 0 aromatic rings. The van der Waals surface area contributed by atoms with E-state index in [1.54, 1.807) is 0 Å². The Hall–Kier alpha value is -4.45. The van der Waals surface area contributed by atoms with Crippen molar-refractivity contribution in [2.45, 2.75) is 303 Å². The molecule has 0 aromatic heterocycles. The number of carbonyl (C=O) groups excluding carboxylic acids is 3. The van der Waals surface area contributed by atoms with Gasteiger partial charge in [0.05, 0.1) is 0 Å². The van der Waals surface area contributed by atoms with Crippen LogP contribution in [0, 0.1) is 0 Å². The van der Waals surface area contributed by atoms with Crippen molar-refractivity contribution in [2.75, 3.05) is 13.2 Å². The maximum Gasteiger partial charge on any atom is 0.306 e. The number of carbonyl (C=O) groups is 3. The number of hydrogen-bond acceptors (Lipinski definition) is 6. The lowest BCUT2D eigenvalue weighted by Gasteiger charge is -2.18. The molecular weight excluding hydrogens is 985 g/mol. The van der Waals surface area contributed by atoms with Crippen LogP contribution in [-0.4, -0.2) is 37.2 Å². The van der Waals surface area contributed by atoms with Gasteiger partial charge in [0.1, 0.15) is 13.2 Å². The van der Waals surface area contributed by atoms with E-state index in [1.807, 2.05) is 0 Å². The maximum atomic E-state index is 12.9. The molecule has 0 saturated carbocycles. The van der Waals surface area contributed by atoms with E-state index < -0.39 is 6.10 Å². The number of rotatable bonds is 59. The molecule has 0 aliphatic rings. The molecule has 0 radical (unpaired) electrons. The molecule has 0 amide bonds. The number of ether oxygens (including phenoxy) is 3. The van der Waals surface area contributed by atoms with Crippen LogP contribution in [0.3, 0.4) is 0 Å². The van der Waals surface area contributed by atoms with Gasteiger partial charge in [-0.1, -0.05) is 283 Å². The fourth-order valence-electron chi connectivity index (χ4n) is 8.97. The molecule has 80 heavy (non-hydrogen) atoms. The van der Waals surface area contributed by atoms with Gasteiger partial charge >= 0.3 is 17.9 Å². The Bertz CT molecular complexity index is 1700. The Labute approximate surface area is 494 Å². The van der Waals surface area contributed by atoms with E-state index in [4.69, 9.17) is 14.2 Å². The van der Waals surface area contributed by atoms with Crippen molar-refractivity contribution in [2.24, 2.45) is 0 Å². The van der Waals surface area contributed by atoms with Gasteiger partial charge in [-0.3, -0.25) is 14.4 Å². The van der Waals surface area contributed by atoms with Crippen molar-refractivity contribution < 1.29 is 28.6 Å². The first-order valence-electron chi connectivity index (χ1n) is 33.2. The van der Waals surface area contributed by atoms with Crippen molar-refractivity contribution in [3.63, 3.8) is 0 Å². The van der Waals surface area contributed by atoms with Crippen LogP contribution in [0.5, 0.6) is 0 Å². The molecule has 0 spiro atoms. The minimum absolute atomic E-state index is 0.0884. The first kappa shape index (κ1) is 75.5. The molecule has 0 rings (SSSR count). The monoisotopic (exact) mass is 1110 g/mol. The zero-order chi connectivity index (χ0) is 57.8. The molecule has 0 aliphatic heterocycles. The summed E-state index contributed by atoms with van der Waals surface area (Å²) in [6.07, 6.45) is 94.8. The lowest BCUT2D eigenvalue weighted by molar-refractivity contribution is -0.167. The Balaban J connectivity index is 4.19.